The van der Waals surface area contributed by atoms with Crippen LogP contribution in [0, 0.1) is 0 Å². The fourth-order valence-corrected chi connectivity index (χ4v) is 2.51. The van der Waals surface area contributed by atoms with Gasteiger partial charge in [0.15, 0.2) is 0 Å². The van der Waals surface area contributed by atoms with Crippen molar-refractivity contribution in [3.63, 3.8) is 0 Å². The average molecular weight is 381 g/mol. The Morgan fingerprint density at radius 2 is 1.64 bits per heavy atom. The normalized spacial score (nSPS) is 10.6. The molecule has 0 aromatic heterocycles. The van der Waals surface area contributed by atoms with Crippen molar-refractivity contribution in [2.24, 2.45) is 5.10 Å². The molecule has 0 unspecified atom stereocenters. The third-order valence-electron chi connectivity index (χ3n) is 3.99. The van der Waals surface area contributed by atoms with Gasteiger partial charge >= 0.3 is 5.97 Å². The van der Waals surface area contributed by atoms with Crippen LogP contribution in [0.4, 0.5) is 0 Å². The number of carboxylic acid groups (broad SMARTS) is 1. The topological polar surface area (TPSA) is 108 Å². The summed E-state index contributed by atoms with van der Waals surface area (Å²) in [6, 6.07) is 15.4. The number of nitrogens with one attached hydrogen (secondary N) is 2. The number of carbonyl (C=O) groups is 3. The second kappa shape index (κ2) is 11.3. The summed E-state index contributed by atoms with van der Waals surface area (Å²) < 4.78 is 0. The Morgan fingerprint density at radius 3 is 2.39 bits per heavy atom. The van der Waals surface area contributed by atoms with Crippen LogP contribution in [0.3, 0.4) is 0 Å². The molecule has 0 aliphatic rings. The lowest BCUT2D eigenvalue weighted by Gasteiger charge is -2.05. The largest absolute Gasteiger partial charge is 0.478 e. The zero-order valence-electron chi connectivity index (χ0n) is 15.4. The number of aromatic carboxylic acids is 1. The van der Waals surface area contributed by atoms with Crippen LogP contribution >= 0.6 is 0 Å². The maximum Gasteiger partial charge on any atom is 0.336 e. The van der Waals surface area contributed by atoms with E-state index in [4.69, 9.17) is 5.11 Å². The van der Waals surface area contributed by atoms with Gasteiger partial charge in [0.2, 0.25) is 5.91 Å². The molecule has 0 aliphatic heterocycles. The molecule has 7 heteroatoms. The Bertz CT molecular complexity index is 835. The van der Waals surface area contributed by atoms with Gasteiger partial charge in [-0.3, -0.25) is 9.59 Å². The number of nitrogens with zero attached hydrogens (tertiary/aromatic N) is 1. The van der Waals surface area contributed by atoms with Crippen LogP contribution in [0.5, 0.6) is 0 Å². The fourth-order valence-electron chi connectivity index (χ4n) is 2.51. The van der Waals surface area contributed by atoms with Crippen molar-refractivity contribution in [2.75, 3.05) is 6.54 Å². The minimum absolute atomic E-state index is 0.102. The van der Waals surface area contributed by atoms with Crippen molar-refractivity contribution in [3.8, 4) is 0 Å². The van der Waals surface area contributed by atoms with Gasteiger partial charge in [0.1, 0.15) is 0 Å². The van der Waals surface area contributed by atoms with E-state index in [1.54, 1.807) is 30.3 Å². The van der Waals surface area contributed by atoms with Gasteiger partial charge in [-0.25, -0.2) is 10.2 Å². The number of rotatable bonds is 10. The summed E-state index contributed by atoms with van der Waals surface area (Å²) in [5.74, 6) is -1.39. The van der Waals surface area contributed by atoms with Gasteiger partial charge in [-0.2, -0.15) is 5.10 Å². The van der Waals surface area contributed by atoms with E-state index in [2.05, 4.69) is 15.8 Å². The lowest BCUT2D eigenvalue weighted by Crippen LogP contribution is -2.24. The summed E-state index contributed by atoms with van der Waals surface area (Å²) in [7, 11) is 0. The molecule has 3 N–H and O–H groups in total. The molecule has 2 aromatic carbocycles. The highest BCUT2D eigenvalue weighted by Gasteiger charge is 2.07. The quantitative estimate of drug-likeness (QED) is 0.334. The molecule has 0 saturated carbocycles. The first-order valence-electron chi connectivity index (χ1n) is 9.05. The molecule has 28 heavy (non-hydrogen) atoms. The number of hydrazone groups is 1. The summed E-state index contributed by atoms with van der Waals surface area (Å²) in [5.41, 5.74) is 3.57. The van der Waals surface area contributed by atoms with Gasteiger partial charge in [-0.15, -0.1) is 0 Å². The van der Waals surface area contributed by atoms with Crippen LogP contribution in [0.2, 0.25) is 0 Å². The van der Waals surface area contributed by atoms with Crippen molar-refractivity contribution in [1.82, 2.24) is 10.7 Å². The van der Waals surface area contributed by atoms with Crippen LogP contribution in [0.15, 0.2) is 59.7 Å². The molecule has 0 bridgehead atoms. The lowest BCUT2D eigenvalue weighted by atomic mass is 10.1. The van der Waals surface area contributed by atoms with E-state index in [0.717, 1.165) is 12.8 Å². The molecule has 0 aliphatic carbocycles. The molecular weight excluding hydrogens is 358 g/mol. The summed E-state index contributed by atoms with van der Waals surface area (Å²) in [6.45, 7) is 0.555. The minimum atomic E-state index is -1.05. The van der Waals surface area contributed by atoms with Crippen molar-refractivity contribution in [3.05, 3.63) is 71.3 Å². The lowest BCUT2D eigenvalue weighted by molar-refractivity contribution is -0.121. The highest BCUT2D eigenvalue weighted by molar-refractivity contribution is 5.98. The zero-order valence-corrected chi connectivity index (χ0v) is 15.4. The molecule has 0 saturated heterocycles. The van der Waals surface area contributed by atoms with Crippen molar-refractivity contribution < 1.29 is 19.5 Å². The Kier molecular flexibility index (Phi) is 8.39. The molecule has 0 atom stereocenters. The van der Waals surface area contributed by atoms with Crippen LogP contribution in [0.25, 0.3) is 0 Å². The number of hydrogen-bond donors (Lipinski definition) is 3. The minimum Gasteiger partial charge on any atom is -0.478 e. The van der Waals surface area contributed by atoms with E-state index < -0.39 is 5.97 Å². The third-order valence-corrected chi connectivity index (χ3v) is 3.99. The number of carbonyl (C=O) groups excluding carboxylic acids is 2. The van der Waals surface area contributed by atoms with E-state index in [1.807, 2.05) is 18.2 Å². The highest BCUT2D eigenvalue weighted by atomic mass is 16.4. The van der Waals surface area contributed by atoms with Gasteiger partial charge in [-0.05, 0) is 31.0 Å². The SMILES string of the molecule is O=C(CCCCCNC(=O)c1ccccc1)N/N=C/c1ccccc1C(=O)O. The maximum absolute atomic E-state index is 11.9. The number of carboxylic acids is 1. The van der Waals surface area contributed by atoms with Gasteiger partial charge in [0.05, 0.1) is 11.8 Å². The molecule has 2 aromatic rings. The van der Waals surface area contributed by atoms with Gasteiger partial charge in [0.25, 0.3) is 5.91 Å². The molecule has 7 nitrogen and oxygen atoms in total. The molecule has 0 heterocycles. The second-order valence-corrected chi connectivity index (χ2v) is 6.12. The van der Waals surface area contributed by atoms with E-state index in [-0.39, 0.29) is 17.4 Å². The molecule has 2 rings (SSSR count). The summed E-state index contributed by atoms with van der Waals surface area (Å²) in [5, 5.41) is 15.7. The summed E-state index contributed by atoms with van der Waals surface area (Å²) in [6.07, 6.45) is 3.88. The number of amides is 2. The Morgan fingerprint density at radius 1 is 0.929 bits per heavy atom. The van der Waals surface area contributed by atoms with Crippen LogP contribution in [0.1, 0.15) is 52.0 Å². The van der Waals surface area contributed by atoms with Gasteiger partial charge in [-0.1, -0.05) is 42.8 Å². The summed E-state index contributed by atoms with van der Waals surface area (Å²) >= 11 is 0. The predicted molar refractivity (Wildman–Crippen MR) is 106 cm³/mol. The predicted octanol–water partition coefficient (Wildman–Crippen LogP) is 2.83. The van der Waals surface area contributed by atoms with E-state index >= 15 is 0 Å². The van der Waals surface area contributed by atoms with E-state index in [0.29, 0.717) is 30.5 Å². The number of hydrogen-bond acceptors (Lipinski definition) is 4. The first-order chi connectivity index (χ1) is 13.6. The Balaban J connectivity index is 1.60. The molecule has 0 fully saturated rings. The molecule has 0 radical (unpaired) electrons. The standard InChI is InChI=1S/C21H23N3O4/c25-19(24-23-15-17-11-6-7-12-18(17)21(27)28)13-5-2-8-14-22-20(26)16-9-3-1-4-10-16/h1,3-4,6-7,9-12,15H,2,5,8,13-14H2,(H,22,26)(H,24,25)(H,27,28)/b23-15+. The third kappa shape index (κ3) is 7.03. The molecule has 2 amide bonds. The smallest absolute Gasteiger partial charge is 0.336 e. The van der Waals surface area contributed by atoms with Crippen LogP contribution in [-0.4, -0.2) is 35.6 Å². The Hall–Kier alpha value is -3.48. The van der Waals surface area contributed by atoms with Crippen molar-refractivity contribution in [2.45, 2.75) is 25.7 Å². The summed E-state index contributed by atoms with van der Waals surface area (Å²) in [4.78, 5) is 34.7. The van der Waals surface area contributed by atoms with Crippen molar-refractivity contribution >= 4 is 24.0 Å². The Labute approximate surface area is 163 Å². The van der Waals surface area contributed by atoms with Crippen LogP contribution < -0.4 is 10.7 Å². The molecule has 0 spiro atoms. The van der Waals surface area contributed by atoms with Crippen molar-refractivity contribution in [1.29, 1.82) is 0 Å². The molecule has 146 valence electrons. The highest BCUT2D eigenvalue weighted by Crippen LogP contribution is 2.06. The number of unbranched alkanes of at least 4 members (excludes halogenated alkanes) is 2. The number of benzene rings is 2. The second-order valence-electron chi connectivity index (χ2n) is 6.12. The average Bonchev–Trinajstić information content (AvgIpc) is 2.71. The van der Waals surface area contributed by atoms with E-state index in [1.165, 1.54) is 12.3 Å². The molecular formula is C21H23N3O4. The first-order valence-corrected chi connectivity index (χ1v) is 9.05. The maximum atomic E-state index is 11.9. The monoisotopic (exact) mass is 381 g/mol. The van der Waals surface area contributed by atoms with Crippen LogP contribution in [-0.2, 0) is 4.79 Å². The first kappa shape index (κ1) is 20.8. The zero-order chi connectivity index (χ0) is 20.2. The van der Waals surface area contributed by atoms with Gasteiger partial charge < -0.3 is 10.4 Å². The fraction of sp³-hybridized carbons (Fsp3) is 0.238. The van der Waals surface area contributed by atoms with Gasteiger partial charge in [0, 0.05) is 24.1 Å². The van der Waals surface area contributed by atoms with E-state index in [9.17, 15) is 14.4 Å².